The molecule has 1 aromatic carbocycles. The van der Waals surface area contributed by atoms with Crippen LogP contribution in [0.4, 0.5) is 11.4 Å². The molecule has 0 aromatic heterocycles. The summed E-state index contributed by atoms with van der Waals surface area (Å²) in [7, 11) is 3.48. The fourth-order valence-electron chi connectivity index (χ4n) is 2.87. The van der Waals surface area contributed by atoms with Gasteiger partial charge in [0, 0.05) is 25.7 Å². The van der Waals surface area contributed by atoms with Crippen molar-refractivity contribution >= 4 is 17.3 Å². The van der Waals surface area contributed by atoms with E-state index in [1.54, 1.807) is 25.1 Å². The van der Waals surface area contributed by atoms with Crippen LogP contribution in [0, 0.1) is 5.41 Å². The van der Waals surface area contributed by atoms with Gasteiger partial charge in [-0.3, -0.25) is 4.79 Å². The summed E-state index contributed by atoms with van der Waals surface area (Å²) >= 11 is 0. The molecular formula is C16H25N3O. The highest BCUT2D eigenvalue weighted by molar-refractivity contribution is 5.95. The highest BCUT2D eigenvalue weighted by atomic mass is 16.2. The predicted molar refractivity (Wildman–Crippen MR) is 83.9 cm³/mol. The van der Waals surface area contributed by atoms with E-state index in [1.165, 1.54) is 19.3 Å². The highest BCUT2D eigenvalue weighted by Crippen LogP contribution is 2.39. The van der Waals surface area contributed by atoms with E-state index in [1.807, 2.05) is 12.1 Å². The van der Waals surface area contributed by atoms with Crippen molar-refractivity contribution < 1.29 is 4.79 Å². The molecule has 1 amide bonds. The zero-order valence-electron chi connectivity index (χ0n) is 12.9. The zero-order valence-corrected chi connectivity index (χ0v) is 12.9. The third-order valence-electron chi connectivity index (χ3n) is 4.29. The molecule has 0 heterocycles. The van der Waals surface area contributed by atoms with Crippen LogP contribution in [0.15, 0.2) is 18.2 Å². The molecule has 0 aliphatic heterocycles. The minimum atomic E-state index is -0.0237. The molecule has 20 heavy (non-hydrogen) atoms. The van der Waals surface area contributed by atoms with Crippen LogP contribution in [-0.2, 0) is 0 Å². The van der Waals surface area contributed by atoms with Crippen molar-refractivity contribution in [3.63, 3.8) is 0 Å². The Bertz CT molecular complexity index is 508. The molecule has 1 saturated carbocycles. The number of hydrogen-bond acceptors (Lipinski definition) is 3. The standard InChI is InChI=1S/C16H25N3O/c1-16(2)9-5-6-14(16)18-13-8-7-11(10-12(13)17)15(20)19(3)4/h7-8,10,14,18H,5-6,9,17H2,1-4H3. The fraction of sp³-hybridized carbons (Fsp3) is 0.562. The lowest BCUT2D eigenvalue weighted by molar-refractivity contribution is 0.0827. The van der Waals surface area contributed by atoms with Gasteiger partial charge in [-0.05, 0) is 36.5 Å². The Labute approximate surface area is 121 Å². The number of carbonyl (C=O) groups excluding carboxylic acids is 1. The quantitative estimate of drug-likeness (QED) is 0.834. The van der Waals surface area contributed by atoms with Gasteiger partial charge in [0.15, 0.2) is 0 Å². The molecule has 0 radical (unpaired) electrons. The van der Waals surface area contributed by atoms with Crippen LogP contribution in [0.1, 0.15) is 43.5 Å². The van der Waals surface area contributed by atoms with Gasteiger partial charge in [-0.2, -0.15) is 0 Å². The first kappa shape index (κ1) is 14.7. The summed E-state index contributed by atoms with van der Waals surface area (Å²) in [6, 6.07) is 5.95. The van der Waals surface area contributed by atoms with Gasteiger partial charge in [0.2, 0.25) is 0 Å². The molecule has 0 spiro atoms. The molecule has 1 aromatic rings. The normalized spacial score (nSPS) is 20.7. The first-order valence-electron chi connectivity index (χ1n) is 7.19. The zero-order chi connectivity index (χ0) is 14.9. The third kappa shape index (κ3) is 2.89. The number of nitrogens with zero attached hydrogens (tertiary/aromatic N) is 1. The second kappa shape index (κ2) is 5.35. The number of amides is 1. The van der Waals surface area contributed by atoms with Gasteiger partial charge in [0.1, 0.15) is 0 Å². The molecule has 3 N–H and O–H groups in total. The molecule has 1 aliphatic rings. The van der Waals surface area contributed by atoms with Crippen LogP contribution in [0.2, 0.25) is 0 Å². The smallest absolute Gasteiger partial charge is 0.253 e. The van der Waals surface area contributed by atoms with Crippen molar-refractivity contribution in [2.45, 2.75) is 39.2 Å². The van der Waals surface area contributed by atoms with Gasteiger partial charge >= 0.3 is 0 Å². The van der Waals surface area contributed by atoms with E-state index in [-0.39, 0.29) is 5.91 Å². The first-order valence-corrected chi connectivity index (χ1v) is 7.19. The van der Waals surface area contributed by atoms with E-state index in [2.05, 4.69) is 19.2 Å². The lowest BCUT2D eigenvalue weighted by Gasteiger charge is -2.29. The van der Waals surface area contributed by atoms with Crippen LogP contribution in [0.3, 0.4) is 0 Å². The largest absolute Gasteiger partial charge is 0.397 e. The number of carbonyl (C=O) groups is 1. The molecule has 1 unspecified atom stereocenters. The van der Waals surface area contributed by atoms with Crippen LogP contribution in [0.5, 0.6) is 0 Å². The summed E-state index contributed by atoms with van der Waals surface area (Å²) in [6.45, 7) is 4.58. The summed E-state index contributed by atoms with van der Waals surface area (Å²) in [5, 5.41) is 3.54. The maximum atomic E-state index is 11.9. The average molecular weight is 275 g/mol. The number of nitrogens with two attached hydrogens (primary N) is 1. The molecule has 4 nitrogen and oxygen atoms in total. The van der Waals surface area contributed by atoms with E-state index in [4.69, 9.17) is 5.73 Å². The van der Waals surface area contributed by atoms with Crippen LogP contribution >= 0.6 is 0 Å². The second-order valence-corrected chi connectivity index (χ2v) is 6.58. The molecule has 1 fully saturated rings. The second-order valence-electron chi connectivity index (χ2n) is 6.58. The number of hydrogen-bond donors (Lipinski definition) is 2. The van der Waals surface area contributed by atoms with Crippen molar-refractivity contribution in [1.82, 2.24) is 4.90 Å². The summed E-state index contributed by atoms with van der Waals surface area (Å²) in [5.74, 6) is -0.0237. The van der Waals surface area contributed by atoms with Crippen LogP contribution in [-0.4, -0.2) is 30.9 Å². The van der Waals surface area contributed by atoms with Crippen molar-refractivity contribution in [3.8, 4) is 0 Å². The topological polar surface area (TPSA) is 58.4 Å². The van der Waals surface area contributed by atoms with Crippen molar-refractivity contribution in [2.24, 2.45) is 5.41 Å². The molecule has 4 heteroatoms. The maximum absolute atomic E-state index is 11.9. The summed E-state index contributed by atoms with van der Waals surface area (Å²) in [4.78, 5) is 13.5. The van der Waals surface area contributed by atoms with Gasteiger partial charge in [-0.25, -0.2) is 0 Å². The number of benzene rings is 1. The van der Waals surface area contributed by atoms with Crippen molar-refractivity contribution in [2.75, 3.05) is 25.1 Å². The van der Waals surface area contributed by atoms with Gasteiger partial charge in [-0.1, -0.05) is 20.3 Å². The lowest BCUT2D eigenvalue weighted by Crippen LogP contribution is -2.31. The van der Waals surface area contributed by atoms with Gasteiger partial charge in [0.25, 0.3) is 5.91 Å². The van der Waals surface area contributed by atoms with Gasteiger partial charge in [-0.15, -0.1) is 0 Å². The van der Waals surface area contributed by atoms with Gasteiger partial charge < -0.3 is 16.0 Å². The van der Waals surface area contributed by atoms with E-state index in [0.717, 1.165) is 5.69 Å². The van der Waals surface area contributed by atoms with Crippen molar-refractivity contribution in [1.29, 1.82) is 0 Å². The Balaban J connectivity index is 2.16. The minimum absolute atomic E-state index is 0.0237. The van der Waals surface area contributed by atoms with E-state index < -0.39 is 0 Å². The first-order chi connectivity index (χ1) is 9.31. The van der Waals surface area contributed by atoms with E-state index in [0.29, 0.717) is 22.7 Å². The summed E-state index contributed by atoms with van der Waals surface area (Å²) < 4.78 is 0. The molecular weight excluding hydrogens is 250 g/mol. The monoisotopic (exact) mass is 275 g/mol. The molecule has 0 bridgehead atoms. The fourth-order valence-corrected chi connectivity index (χ4v) is 2.87. The predicted octanol–water partition coefficient (Wildman–Crippen LogP) is 2.96. The Hall–Kier alpha value is -1.71. The summed E-state index contributed by atoms with van der Waals surface area (Å²) in [5.41, 5.74) is 8.59. The van der Waals surface area contributed by atoms with E-state index >= 15 is 0 Å². The number of nitrogens with one attached hydrogen (secondary N) is 1. The molecule has 110 valence electrons. The van der Waals surface area contributed by atoms with E-state index in [9.17, 15) is 4.79 Å². The lowest BCUT2D eigenvalue weighted by atomic mass is 9.87. The maximum Gasteiger partial charge on any atom is 0.253 e. The van der Waals surface area contributed by atoms with Crippen molar-refractivity contribution in [3.05, 3.63) is 23.8 Å². The molecule has 2 rings (SSSR count). The Morgan fingerprint density at radius 1 is 1.40 bits per heavy atom. The Morgan fingerprint density at radius 2 is 2.10 bits per heavy atom. The molecule has 1 atom stereocenters. The minimum Gasteiger partial charge on any atom is -0.397 e. The van der Waals surface area contributed by atoms with Gasteiger partial charge in [0.05, 0.1) is 11.4 Å². The Kier molecular flexibility index (Phi) is 3.93. The molecule has 1 aliphatic carbocycles. The third-order valence-corrected chi connectivity index (χ3v) is 4.29. The van der Waals surface area contributed by atoms with Crippen LogP contribution in [0.25, 0.3) is 0 Å². The number of rotatable bonds is 3. The number of anilines is 2. The number of nitrogen functional groups attached to an aromatic ring is 1. The average Bonchev–Trinajstić information content (AvgIpc) is 2.70. The molecule has 0 saturated heterocycles. The SMILES string of the molecule is CN(C)C(=O)c1ccc(NC2CCCC2(C)C)c(N)c1. The Morgan fingerprint density at radius 3 is 2.60 bits per heavy atom. The highest BCUT2D eigenvalue weighted by Gasteiger charge is 2.34. The summed E-state index contributed by atoms with van der Waals surface area (Å²) in [6.07, 6.45) is 3.66. The van der Waals surface area contributed by atoms with Crippen LogP contribution < -0.4 is 11.1 Å².